The van der Waals surface area contributed by atoms with Gasteiger partial charge in [0.15, 0.2) is 5.69 Å². The minimum Gasteiger partial charge on any atom is -0.441 e. The Balaban J connectivity index is 1.87. The third-order valence-electron chi connectivity index (χ3n) is 5.55. The third kappa shape index (κ3) is 3.96. The van der Waals surface area contributed by atoms with E-state index in [1.807, 2.05) is 44.2 Å². The highest BCUT2D eigenvalue weighted by Gasteiger charge is 2.43. The summed E-state index contributed by atoms with van der Waals surface area (Å²) in [6.45, 7) is 6.93. The number of carbonyl (C=O) groups excluding carboxylic acids is 2. The van der Waals surface area contributed by atoms with Crippen molar-refractivity contribution < 1.29 is 14.0 Å². The minimum atomic E-state index is -0.848. The topological polar surface area (TPSA) is 75.4 Å². The fraction of sp³-hybridized carbons (Fsp3) is 0.500. The van der Waals surface area contributed by atoms with Crippen molar-refractivity contribution in [2.75, 3.05) is 13.1 Å². The van der Waals surface area contributed by atoms with Crippen molar-refractivity contribution >= 4 is 11.8 Å². The number of benzene rings is 1. The fourth-order valence-electron chi connectivity index (χ4n) is 3.95. The van der Waals surface area contributed by atoms with Crippen molar-refractivity contribution in [2.24, 2.45) is 0 Å². The van der Waals surface area contributed by atoms with Crippen LogP contribution < -0.4 is 5.32 Å². The molecule has 1 aliphatic carbocycles. The molecule has 1 saturated carbocycles. The van der Waals surface area contributed by atoms with Crippen molar-refractivity contribution in [3.8, 4) is 11.5 Å². The number of amides is 2. The smallest absolute Gasteiger partial charge is 0.274 e. The maximum atomic E-state index is 13.2. The van der Waals surface area contributed by atoms with Crippen LogP contribution in [0.2, 0.25) is 0 Å². The van der Waals surface area contributed by atoms with Gasteiger partial charge in [-0.15, -0.1) is 0 Å². The first-order valence-corrected chi connectivity index (χ1v) is 10.2. The summed E-state index contributed by atoms with van der Waals surface area (Å²) in [6, 6.07) is 9.49. The van der Waals surface area contributed by atoms with Crippen LogP contribution in [0.1, 0.15) is 62.2 Å². The lowest BCUT2D eigenvalue weighted by atomic mass is 9.80. The zero-order valence-corrected chi connectivity index (χ0v) is 17.0. The molecule has 1 aliphatic rings. The molecule has 1 aromatic heterocycles. The lowest BCUT2D eigenvalue weighted by Gasteiger charge is -2.39. The van der Waals surface area contributed by atoms with Gasteiger partial charge in [0.25, 0.3) is 5.91 Å². The van der Waals surface area contributed by atoms with E-state index in [4.69, 9.17) is 4.42 Å². The second-order valence-corrected chi connectivity index (χ2v) is 7.36. The summed E-state index contributed by atoms with van der Waals surface area (Å²) in [5, 5.41) is 3.05. The van der Waals surface area contributed by atoms with Gasteiger partial charge >= 0.3 is 0 Å². The van der Waals surface area contributed by atoms with Crippen molar-refractivity contribution in [1.29, 1.82) is 0 Å². The number of rotatable bonds is 6. The van der Waals surface area contributed by atoms with Gasteiger partial charge in [-0.3, -0.25) is 9.59 Å². The molecule has 0 bridgehead atoms. The molecule has 0 atom stereocenters. The second kappa shape index (κ2) is 8.59. The summed E-state index contributed by atoms with van der Waals surface area (Å²) in [4.78, 5) is 32.5. The normalized spacial score (nSPS) is 15.8. The Kier molecular flexibility index (Phi) is 6.17. The summed E-state index contributed by atoms with van der Waals surface area (Å²) in [5.74, 6) is 0.537. The Morgan fingerprint density at radius 1 is 1.11 bits per heavy atom. The molecule has 6 heteroatoms. The molecule has 0 radical (unpaired) electrons. The van der Waals surface area contributed by atoms with Crippen LogP contribution in [0.3, 0.4) is 0 Å². The first-order valence-electron chi connectivity index (χ1n) is 10.2. The number of carbonyl (C=O) groups is 2. The van der Waals surface area contributed by atoms with Gasteiger partial charge in [0.05, 0.1) is 0 Å². The van der Waals surface area contributed by atoms with E-state index in [2.05, 4.69) is 10.3 Å². The number of nitrogens with one attached hydrogen (secondary N) is 1. The molecule has 1 fully saturated rings. The fourth-order valence-corrected chi connectivity index (χ4v) is 3.95. The second-order valence-electron chi connectivity index (χ2n) is 7.36. The van der Waals surface area contributed by atoms with E-state index in [0.717, 1.165) is 24.8 Å². The zero-order chi connectivity index (χ0) is 20.1. The third-order valence-corrected chi connectivity index (χ3v) is 5.55. The van der Waals surface area contributed by atoms with Crippen LogP contribution >= 0.6 is 0 Å². The van der Waals surface area contributed by atoms with Gasteiger partial charge in [-0.25, -0.2) is 4.98 Å². The van der Waals surface area contributed by atoms with Crippen molar-refractivity contribution in [3.63, 3.8) is 0 Å². The molecule has 0 spiro atoms. The van der Waals surface area contributed by atoms with Gasteiger partial charge in [-0.05, 0) is 45.7 Å². The average molecular weight is 383 g/mol. The first-order chi connectivity index (χ1) is 13.5. The Labute approximate surface area is 166 Å². The van der Waals surface area contributed by atoms with Crippen LogP contribution in [-0.2, 0) is 4.79 Å². The number of hydrogen-bond donors (Lipinski definition) is 1. The molecule has 2 amide bonds. The Morgan fingerprint density at radius 3 is 2.36 bits per heavy atom. The molecule has 1 N–H and O–H groups in total. The van der Waals surface area contributed by atoms with Crippen LogP contribution in [0.4, 0.5) is 0 Å². The molecule has 3 rings (SSSR count). The van der Waals surface area contributed by atoms with Crippen LogP contribution in [0.5, 0.6) is 0 Å². The molecule has 28 heavy (non-hydrogen) atoms. The molecular weight excluding hydrogens is 354 g/mol. The van der Waals surface area contributed by atoms with E-state index >= 15 is 0 Å². The van der Waals surface area contributed by atoms with Crippen molar-refractivity contribution in [3.05, 3.63) is 41.8 Å². The summed E-state index contributed by atoms with van der Waals surface area (Å²) in [5.41, 5.74) is 0.215. The summed E-state index contributed by atoms with van der Waals surface area (Å²) < 4.78 is 5.73. The monoisotopic (exact) mass is 383 g/mol. The van der Waals surface area contributed by atoms with Crippen LogP contribution in [-0.4, -0.2) is 40.3 Å². The molecule has 2 aromatic rings. The Hall–Kier alpha value is -2.63. The predicted molar refractivity (Wildman–Crippen MR) is 108 cm³/mol. The standard InChI is InChI=1S/C22H29N3O3/c1-4-25(5-2)21(27)22(14-10-7-11-15-22)24-19(26)18-16(3)28-20(23-18)17-12-8-6-9-13-17/h6,8-9,12-13H,4-5,7,10-11,14-15H2,1-3H3,(H,24,26). The van der Waals surface area contributed by atoms with Crippen molar-refractivity contribution in [1.82, 2.24) is 15.2 Å². The highest BCUT2D eigenvalue weighted by Crippen LogP contribution is 2.31. The maximum Gasteiger partial charge on any atom is 0.274 e. The van der Waals surface area contributed by atoms with Crippen LogP contribution in [0, 0.1) is 6.92 Å². The quantitative estimate of drug-likeness (QED) is 0.819. The molecule has 0 saturated heterocycles. The number of nitrogens with zero attached hydrogens (tertiary/aromatic N) is 2. The number of aromatic nitrogens is 1. The Morgan fingerprint density at radius 2 is 1.75 bits per heavy atom. The molecule has 150 valence electrons. The van der Waals surface area contributed by atoms with Gasteiger partial charge in [0.2, 0.25) is 11.8 Å². The summed E-state index contributed by atoms with van der Waals surface area (Å²) in [6.07, 6.45) is 4.28. The number of oxazole rings is 1. The number of hydrogen-bond acceptors (Lipinski definition) is 4. The Bertz CT molecular complexity index is 819. The van der Waals surface area contributed by atoms with E-state index in [-0.39, 0.29) is 17.5 Å². The molecular formula is C22H29N3O3. The van der Waals surface area contributed by atoms with Crippen LogP contribution in [0.25, 0.3) is 11.5 Å². The van der Waals surface area contributed by atoms with Gasteiger partial charge in [-0.1, -0.05) is 37.5 Å². The highest BCUT2D eigenvalue weighted by molar-refractivity contribution is 5.99. The van der Waals surface area contributed by atoms with E-state index < -0.39 is 5.54 Å². The van der Waals surface area contributed by atoms with Crippen molar-refractivity contribution in [2.45, 2.75) is 58.4 Å². The summed E-state index contributed by atoms with van der Waals surface area (Å²) >= 11 is 0. The highest BCUT2D eigenvalue weighted by atomic mass is 16.4. The van der Waals surface area contributed by atoms with E-state index in [1.165, 1.54) is 0 Å². The SMILES string of the molecule is CCN(CC)C(=O)C1(NC(=O)c2nc(-c3ccccc3)oc2C)CCCCC1. The van der Waals surface area contributed by atoms with E-state index in [0.29, 0.717) is 37.6 Å². The molecule has 0 unspecified atom stereocenters. The summed E-state index contributed by atoms with van der Waals surface area (Å²) in [7, 11) is 0. The molecule has 1 aromatic carbocycles. The van der Waals surface area contributed by atoms with Gasteiger partial charge < -0.3 is 14.6 Å². The lowest BCUT2D eigenvalue weighted by Crippen LogP contribution is -2.60. The lowest BCUT2D eigenvalue weighted by molar-refractivity contribution is -0.139. The molecule has 0 aliphatic heterocycles. The average Bonchev–Trinajstić information content (AvgIpc) is 3.12. The van der Waals surface area contributed by atoms with E-state index in [9.17, 15) is 9.59 Å². The maximum absolute atomic E-state index is 13.2. The first kappa shape index (κ1) is 20.1. The molecule has 1 heterocycles. The van der Waals surface area contributed by atoms with Gasteiger partial charge in [-0.2, -0.15) is 0 Å². The van der Waals surface area contributed by atoms with E-state index in [1.54, 1.807) is 11.8 Å². The minimum absolute atomic E-state index is 0.00924. The number of likely N-dealkylation sites (N-methyl/N-ethyl adjacent to an activating group) is 1. The van der Waals surface area contributed by atoms with Crippen LogP contribution in [0.15, 0.2) is 34.7 Å². The predicted octanol–water partition coefficient (Wildman–Crippen LogP) is 3.95. The number of aryl methyl sites for hydroxylation is 1. The van der Waals surface area contributed by atoms with Gasteiger partial charge in [0.1, 0.15) is 11.3 Å². The zero-order valence-electron chi connectivity index (χ0n) is 17.0. The van der Waals surface area contributed by atoms with Gasteiger partial charge in [0, 0.05) is 18.7 Å². The largest absolute Gasteiger partial charge is 0.441 e. The molecule has 6 nitrogen and oxygen atoms in total.